The Hall–Kier alpha value is -2.84. The van der Waals surface area contributed by atoms with Gasteiger partial charge in [0.25, 0.3) is 5.56 Å². The van der Waals surface area contributed by atoms with Crippen LogP contribution in [0.15, 0.2) is 46.3 Å². The largest absolute Gasteiger partial charge is 0.467 e. The van der Waals surface area contributed by atoms with Crippen molar-refractivity contribution in [3.05, 3.63) is 63.4 Å². The van der Waals surface area contributed by atoms with Gasteiger partial charge in [0.05, 0.1) is 29.7 Å². The summed E-state index contributed by atoms with van der Waals surface area (Å²) in [6.07, 6.45) is 1.98. The molecule has 3 aromatic rings. The number of hydrogen-bond donors (Lipinski definition) is 0. The molecule has 2 aliphatic rings. The normalized spacial score (nSPS) is 15.4. The molecule has 2 heterocycles. The number of rotatable bonds is 6. The van der Waals surface area contributed by atoms with E-state index in [9.17, 15) is 9.59 Å². The molecule has 31 heavy (non-hydrogen) atoms. The zero-order valence-electron chi connectivity index (χ0n) is 17.1. The molecule has 0 saturated heterocycles. The van der Waals surface area contributed by atoms with E-state index < -0.39 is 0 Å². The van der Waals surface area contributed by atoms with Crippen LogP contribution in [0.1, 0.15) is 47.3 Å². The van der Waals surface area contributed by atoms with Gasteiger partial charge in [0.2, 0.25) is 0 Å². The minimum atomic E-state index is -0.374. The molecule has 0 atom stereocenters. The van der Waals surface area contributed by atoms with Crippen molar-refractivity contribution in [1.29, 1.82) is 0 Å². The van der Waals surface area contributed by atoms with Crippen LogP contribution in [0.5, 0.6) is 5.75 Å². The summed E-state index contributed by atoms with van der Waals surface area (Å²) < 4.78 is 18.1. The summed E-state index contributed by atoms with van der Waals surface area (Å²) in [7, 11) is 0. The number of benzene rings is 2. The van der Waals surface area contributed by atoms with Gasteiger partial charge in [-0.15, -0.1) is 0 Å². The number of nitrogens with zero attached hydrogens (tertiary/aromatic N) is 2. The summed E-state index contributed by atoms with van der Waals surface area (Å²) >= 11 is 1.48. The Labute approximate surface area is 183 Å². The summed E-state index contributed by atoms with van der Waals surface area (Å²) in [6.45, 7) is 2.63. The second-order valence-electron chi connectivity index (χ2n) is 7.56. The van der Waals surface area contributed by atoms with Gasteiger partial charge in [0.1, 0.15) is 5.75 Å². The predicted molar refractivity (Wildman–Crippen MR) is 117 cm³/mol. The van der Waals surface area contributed by atoms with Crippen LogP contribution in [0, 0.1) is 0 Å². The van der Waals surface area contributed by atoms with E-state index in [1.54, 1.807) is 19.1 Å². The maximum absolute atomic E-state index is 13.1. The van der Waals surface area contributed by atoms with Gasteiger partial charge in [-0.1, -0.05) is 23.9 Å². The molecule has 5 rings (SSSR count). The average Bonchev–Trinajstić information content (AvgIpc) is 3.62. The molecule has 1 fully saturated rings. The van der Waals surface area contributed by atoms with Crippen molar-refractivity contribution in [2.75, 3.05) is 13.4 Å². The number of fused-ring (bicyclic) bond motifs is 2. The number of thioether (sulfide) groups is 1. The zero-order valence-corrected chi connectivity index (χ0v) is 17.9. The highest BCUT2D eigenvalue weighted by atomic mass is 32.2. The van der Waals surface area contributed by atoms with Gasteiger partial charge in [0, 0.05) is 22.9 Å². The van der Waals surface area contributed by atoms with Crippen molar-refractivity contribution < 1.29 is 19.0 Å². The molecule has 0 amide bonds. The Balaban J connectivity index is 1.52. The molecular formula is C23H22N2O5S. The third kappa shape index (κ3) is 3.93. The molecule has 1 saturated carbocycles. The van der Waals surface area contributed by atoms with Crippen molar-refractivity contribution >= 4 is 28.6 Å². The highest BCUT2D eigenvalue weighted by Crippen LogP contribution is 2.39. The lowest BCUT2D eigenvalue weighted by Crippen LogP contribution is -2.22. The predicted octanol–water partition coefficient (Wildman–Crippen LogP) is 4.07. The second-order valence-corrected chi connectivity index (χ2v) is 8.50. The van der Waals surface area contributed by atoms with Crippen molar-refractivity contribution in [1.82, 2.24) is 9.55 Å². The Morgan fingerprint density at radius 2 is 2.13 bits per heavy atom. The SMILES string of the molecule is CCOC(=O)c1cc2c(c(CSc3nc4ccccc4c(=O)n3C3CC3)c1)OCOC2. The van der Waals surface area contributed by atoms with Crippen molar-refractivity contribution in [2.45, 2.75) is 43.3 Å². The fourth-order valence-corrected chi connectivity index (χ4v) is 4.80. The first-order valence-corrected chi connectivity index (χ1v) is 11.3. The third-order valence-electron chi connectivity index (χ3n) is 5.34. The molecule has 8 heteroatoms. The van der Waals surface area contributed by atoms with Crippen LogP contribution in [0.25, 0.3) is 10.9 Å². The fourth-order valence-electron chi connectivity index (χ4n) is 3.76. The molecule has 1 aliphatic heterocycles. The van der Waals surface area contributed by atoms with Gasteiger partial charge in [-0.25, -0.2) is 9.78 Å². The lowest BCUT2D eigenvalue weighted by molar-refractivity contribution is -0.0169. The van der Waals surface area contributed by atoms with E-state index in [-0.39, 0.29) is 24.4 Å². The van der Waals surface area contributed by atoms with Gasteiger partial charge in [-0.3, -0.25) is 9.36 Å². The van der Waals surface area contributed by atoms with Crippen molar-refractivity contribution in [3.63, 3.8) is 0 Å². The number of carbonyl (C=O) groups is 1. The molecule has 7 nitrogen and oxygen atoms in total. The summed E-state index contributed by atoms with van der Waals surface area (Å²) in [5, 5.41) is 1.33. The second kappa shape index (κ2) is 8.36. The fraction of sp³-hybridized carbons (Fsp3) is 0.348. The van der Waals surface area contributed by atoms with Gasteiger partial charge in [-0.05, 0) is 44.0 Å². The first-order valence-electron chi connectivity index (χ1n) is 10.3. The quantitative estimate of drug-likeness (QED) is 0.326. The highest BCUT2D eigenvalue weighted by molar-refractivity contribution is 7.98. The van der Waals surface area contributed by atoms with Gasteiger partial charge in [0.15, 0.2) is 11.9 Å². The Morgan fingerprint density at radius 3 is 2.94 bits per heavy atom. The van der Waals surface area contributed by atoms with E-state index in [1.165, 1.54) is 11.8 Å². The van der Waals surface area contributed by atoms with Crippen LogP contribution in [0.2, 0.25) is 0 Å². The molecule has 1 aliphatic carbocycles. The highest BCUT2D eigenvalue weighted by Gasteiger charge is 2.29. The zero-order chi connectivity index (χ0) is 21.4. The first-order chi connectivity index (χ1) is 15.2. The summed E-state index contributed by atoms with van der Waals surface area (Å²) in [4.78, 5) is 30.2. The number of para-hydroxylation sites is 1. The van der Waals surface area contributed by atoms with Crippen molar-refractivity contribution in [2.24, 2.45) is 0 Å². The van der Waals surface area contributed by atoms with E-state index in [1.807, 2.05) is 28.8 Å². The number of esters is 1. The minimum absolute atomic E-state index is 0.00236. The first kappa shape index (κ1) is 20.1. The standard InChI is InChI=1S/C23H22N2O5S/c1-2-29-22(27)14-9-15-11-28-13-30-20(15)16(10-14)12-31-23-24-19-6-4-3-5-18(19)21(26)25(23)17-7-8-17/h3-6,9-10,17H,2,7-8,11-13H2,1H3. The maximum Gasteiger partial charge on any atom is 0.338 e. The Bertz CT molecular complexity index is 1220. The molecule has 0 bridgehead atoms. The van der Waals surface area contributed by atoms with Crippen LogP contribution < -0.4 is 10.3 Å². The van der Waals surface area contributed by atoms with Gasteiger partial charge < -0.3 is 14.2 Å². The monoisotopic (exact) mass is 438 g/mol. The van der Waals surface area contributed by atoms with Crippen LogP contribution in [0.4, 0.5) is 0 Å². The lowest BCUT2D eigenvalue weighted by Gasteiger charge is -2.22. The molecule has 0 radical (unpaired) electrons. The van der Waals surface area contributed by atoms with Crippen LogP contribution in [-0.2, 0) is 21.8 Å². The van der Waals surface area contributed by atoms with Gasteiger partial charge in [-0.2, -0.15) is 0 Å². The maximum atomic E-state index is 13.1. The summed E-state index contributed by atoms with van der Waals surface area (Å²) in [5.41, 5.74) is 2.84. The van der Waals surface area contributed by atoms with E-state index in [0.29, 0.717) is 40.6 Å². The molecule has 2 aromatic carbocycles. The molecule has 160 valence electrons. The molecule has 0 N–H and O–H groups in total. The van der Waals surface area contributed by atoms with E-state index in [2.05, 4.69) is 0 Å². The van der Waals surface area contributed by atoms with E-state index in [0.717, 1.165) is 29.7 Å². The van der Waals surface area contributed by atoms with Crippen LogP contribution in [-0.4, -0.2) is 28.9 Å². The molecule has 0 spiro atoms. The van der Waals surface area contributed by atoms with Gasteiger partial charge >= 0.3 is 5.97 Å². The Morgan fingerprint density at radius 1 is 1.29 bits per heavy atom. The number of aromatic nitrogens is 2. The minimum Gasteiger partial charge on any atom is -0.467 e. The van der Waals surface area contributed by atoms with Crippen LogP contribution in [0.3, 0.4) is 0 Å². The third-order valence-corrected chi connectivity index (χ3v) is 6.34. The smallest absolute Gasteiger partial charge is 0.338 e. The van der Waals surface area contributed by atoms with Crippen molar-refractivity contribution in [3.8, 4) is 5.75 Å². The topological polar surface area (TPSA) is 79.7 Å². The van der Waals surface area contributed by atoms with E-state index >= 15 is 0 Å². The summed E-state index contributed by atoms with van der Waals surface area (Å²) in [5.74, 6) is 0.862. The van der Waals surface area contributed by atoms with Crippen LogP contribution >= 0.6 is 11.8 Å². The molecule has 0 unspecified atom stereocenters. The lowest BCUT2D eigenvalue weighted by atomic mass is 10.0. The average molecular weight is 439 g/mol. The number of hydrogen-bond acceptors (Lipinski definition) is 7. The number of carbonyl (C=O) groups excluding carboxylic acids is 1. The summed E-state index contributed by atoms with van der Waals surface area (Å²) in [6, 6.07) is 11.2. The Kier molecular flexibility index (Phi) is 5.41. The number of ether oxygens (including phenoxy) is 3. The van der Waals surface area contributed by atoms with E-state index in [4.69, 9.17) is 19.2 Å². The molecular weight excluding hydrogens is 416 g/mol. The molecule has 1 aromatic heterocycles.